The van der Waals surface area contributed by atoms with E-state index in [1.807, 2.05) is 18.5 Å². The molecule has 0 amide bonds. The summed E-state index contributed by atoms with van der Waals surface area (Å²) in [5.74, 6) is 0. The third-order valence-electron chi connectivity index (χ3n) is 4.27. The van der Waals surface area contributed by atoms with Crippen LogP contribution in [0.5, 0.6) is 0 Å². The molecule has 2 N–H and O–H groups in total. The van der Waals surface area contributed by atoms with Gasteiger partial charge < -0.3 is 5.11 Å². The molecule has 1 aliphatic heterocycles. The molecular weight excluding hydrogens is 308 g/mol. The van der Waals surface area contributed by atoms with Crippen molar-refractivity contribution >= 4 is 5.65 Å². The van der Waals surface area contributed by atoms with Crippen molar-refractivity contribution in [1.82, 2.24) is 39.8 Å². The van der Waals surface area contributed by atoms with E-state index >= 15 is 0 Å². The number of aromatic nitrogens is 6. The normalized spacial score (nSPS) is 20.5. The molecule has 24 heavy (non-hydrogen) atoms. The SMILES string of the molecule is O[C@H]1CN(Cc2cn[nH]n2)CCN(Cc2cnn3cccnc23)C1. The first-order valence-corrected chi connectivity index (χ1v) is 8.02. The number of fused-ring (bicyclic) bond motifs is 1. The van der Waals surface area contributed by atoms with Crippen LogP contribution in [0, 0.1) is 0 Å². The van der Waals surface area contributed by atoms with Crippen molar-refractivity contribution in [1.29, 1.82) is 0 Å². The minimum atomic E-state index is -0.394. The fourth-order valence-corrected chi connectivity index (χ4v) is 3.17. The first-order valence-electron chi connectivity index (χ1n) is 8.02. The van der Waals surface area contributed by atoms with Gasteiger partial charge in [-0.2, -0.15) is 20.5 Å². The molecule has 3 aromatic heterocycles. The number of H-pyrrole nitrogens is 1. The first-order chi connectivity index (χ1) is 11.8. The van der Waals surface area contributed by atoms with Gasteiger partial charge in [-0.15, -0.1) is 0 Å². The maximum Gasteiger partial charge on any atom is 0.159 e. The summed E-state index contributed by atoms with van der Waals surface area (Å²) in [7, 11) is 0. The number of aliphatic hydroxyl groups is 1. The third kappa shape index (κ3) is 3.28. The quantitative estimate of drug-likeness (QED) is 0.668. The van der Waals surface area contributed by atoms with Gasteiger partial charge in [0.2, 0.25) is 0 Å². The van der Waals surface area contributed by atoms with Gasteiger partial charge in [0.25, 0.3) is 0 Å². The number of rotatable bonds is 4. The van der Waals surface area contributed by atoms with E-state index in [4.69, 9.17) is 0 Å². The lowest BCUT2D eigenvalue weighted by molar-refractivity contribution is 0.105. The summed E-state index contributed by atoms with van der Waals surface area (Å²) in [5, 5.41) is 25.2. The second-order valence-corrected chi connectivity index (χ2v) is 6.14. The summed E-state index contributed by atoms with van der Waals surface area (Å²) in [6, 6.07) is 1.86. The lowest BCUT2D eigenvalue weighted by atomic mass is 10.2. The molecule has 1 atom stereocenters. The van der Waals surface area contributed by atoms with E-state index in [9.17, 15) is 5.11 Å². The predicted molar refractivity (Wildman–Crippen MR) is 85.9 cm³/mol. The fourth-order valence-electron chi connectivity index (χ4n) is 3.17. The number of nitrogens with one attached hydrogen (secondary N) is 1. The van der Waals surface area contributed by atoms with Gasteiger partial charge in [0.15, 0.2) is 5.65 Å². The highest BCUT2D eigenvalue weighted by molar-refractivity contribution is 5.45. The molecule has 1 aliphatic rings. The predicted octanol–water partition coefficient (Wildman–Crippen LogP) is -0.474. The van der Waals surface area contributed by atoms with Crippen molar-refractivity contribution in [3.8, 4) is 0 Å². The van der Waals surface area contributed by atoms with Gasteiger partial charge in [-0.1, -0.05) is 0 Å². The monoisotopic (exact) mass is 328 g/mol. The van der Waals surface area contributed by atoms with Crippen LogP contribution in [0.4, 0.5) is 0 Å². The molecule has 0 saturated carbocycles. The summed E-state index contributed by atoms with van der Waals surface area (Å²) >= 11 is 0. The Kier molecular flexibility index (Phi) is 4.20. The Balaban J connectivity index is 1.43. The number of β-amino-alcohol motifs (C(OH)–C–C–N with tert-alkyl or cyclic N) is 1. The number of hydrogen-bond acceptors (Lipinski definition) is 7. The molecule has 1 fully saturated rings. The number of aliphatic hydroxyl groups excluding tert-OH is 1. The molecule has 126 valence electrons. The van der Waals surface area contributed by atoms with Crippen molar-refractivity contribution in [3.05, 3.63) is 42.1 Å². The number of hydrogen-bond donors (Lipinski definition) is 2. The average molecular weight is 328 g/mol. The van der Waals surface area contributed by atoms with Gasteiger partial charge in [-0.05, 0) is 6.07 Å². The summed E-state index contributed by atoms with van der Waals surface area (Å²) in [6.07, 6.45) is 6.85. The van der Waals surface area contributed by atoms with Crippen LogP contribution < -0.4 is 0 Å². The lowest BCUT2D eigenvalue weighted by Crippen LogP contribution is -2.33. The van der Waals surface area contributed by atoms with Crippen LogP contribution in [-0.4, -0.2) is 77.2 Å². The fraction of sp³-hybridized carbons (Fsp3) is 0.467. The van der Waals surface area contributed by atoms with E-state index in [0.29, 0.717) is 19.6 Å². The van der Waals surface area contributed by atoms with Crippen LogP contribution in [0.25, 0.3) is 5.65 Å². The molecule has 1 saturated heterocycles. The third-order valence-corrected chi connectivity index (χ3v) is 4.27. The molecule has 3 aromatic rings. The van der Waals surface area contributed by atoms with Crippen molar-refractivity contribution in [3.63, 3.8) is 0 Å². The van der Waals surface area contributed by atoms with Gasteiger partial charge in [-0.3, -0.25) is 9.80 Å². The van der Waals surface area contributed by atoms with Gasteiger partial charge in [0, 0.05) is 57.2 Å². The molecule has 0 aromatic carbocycles. The van der Waals surface area contributed by atoms with E-state index in [-0.39, 0.29) is 0 Å². The highest BCUT2D eigenvalue weighted by Crippen LogP contribution is 2.13. The van der Waals surface area contributed by atoms with Crippen LogP contribution in [0.15, 0.2) is 30.9 Å². The van der Waals surface area contributed by atoms with Crippen LogP contribution in [0.1, 0.15) is 11.3 Å². The average Bonchev–Trinajstić information content (AvgIpc) is 3.18. The number of nitrogens with zero attached hydrogens (tertiary/aromatic N) is 7. The van der Waals surface area contributed by atoms with Crippen LogP contribution in [0.2, 0.25) is 0 Å². The van der Waals surface area contributed by atoms with Crippen molar-refractivity contribution in [2.75, 3.05) is 26.2 Å². The molecule has 4 heterocycles. The first kappa shape index (κ1) is 15.2. The highest BCUT2D eigenvalue weighted by atomic mass is 16.3. The highest BCUT2D eigenvalue weighted by Gasteiger charge is 2.22. The van der Waals surface area contributed by atoms with Gasteiger partial charge in [0.05, 0.1) is 24.2 Å². The summed E-state index contributed by atoms with van der Waals surface area (Å²) < 4.78 is 1.78. The molecule has 9 nitrogen and oxygen atoms in total. The van der Waals surface area contributed by atoms with Gasteiger partial charge in [0.1, 0.15) is 0 Å². The van der Waals surface area contributed by atoms with Crippen LogP contribution in [0.3, 0.4) is 0 Å². The maximum absolute atomic E-state index is 10.3. The van der Waals surface area contributed by atoms with Crippen LogP contribution in [-0.2, 0) is 13.1 Å². The Morgan fingerprint density at radius 2 is 2.00 bits per heavy atom. The Labute approximate surface area is 138 Å². The molecule has 0 unspecified atom stereocenters. The molecule has 0 aliphatic carbocycles. The number of aromatic amines is 1. The second-order valence-electron chi connectivity index (χ2n) is 6.14. The van der Waals surface area contributed by atoms with E-state index in [1.165, 1.54) is 0 Å². The van der Waals surface area contributed by atoms with Crippen molar-refractivity contribution < 1.29 is 5.11 Å². The largest absolute Gasteiger partial charge is 0.390 e. The zero-order chi connectivity index (χ0) is 16.4. The van der Waals surface area contributed by atoms with Crippen molar-refractivity contribution in [2.24, 2.45) is 0 Å². The Bertz CT molecular complexity index is 786. The second kappa shape index (κ2) is 6.63. The minimum absolute atomic E-state index is 0.394. The summed E-state index contributed by atoms with van der Waals surface area (Å²) in [4.78, 5) is 8.85. The van der Waals surface area contributed by atoms with Gasteiger partial charge in [-0.25, -0.2) is 9.50 Å². The summed E-state index contributed by atoms with van der Waals surface area (Å²) in [6.45, 7) is 4.44. The van der Waals surface area contributed by atoms with Crippen molar-refractivity contribution in [2.45, 2.75) is 19.2 Å². The maximum atomic E-state index is 10.3. The van der Waals surface area contributed by atoms with E-state index in [0.717, 1.165) is 36.5 Å². The van der Waals surface area contributed by atoms with Gasteiger partial charge >= 0.3 is 0 Å². The van der Waals surface area contributed by atoms with E-state index in [2.05, 4.69) is 35.3 Å². The Hall–Kier alpha value is -2.36. The smallest absolute Gasteiger partial charge is 0.159 e. The zero-order valence-corrected chi connectivity index (χ0v) is 13.3. The molecule has 9 heteroatoms. The zero-order valence-electron chi connectivity index (χ0n) is 13.3. The van der Waals surface area contributed by atoms with E-state index in [1.54, 1.807) is 16.9 Å². The lowest BCUT2D eigenvalue weighted by Gasteiger charge is -2.20. The van der Waals surface area contributed by atoms with Crippen LogP contribution >= 0.6 is 0 Å². The molecule has 0 bridgehead atoms. The Morgan fingerprint density at radius 1 is 1.17 bits per heavy atom. The standard InChI is InChI=1S/C15H20N8O/c24-14-10-21(4-5-22(11-14)9-13-7-17-20-19-13)8-12-6-18-23-3-1-2-16-15(12)23/h1-3,6-7,14,24H,4-5,8-11H2,(H,17,19,20)/t14-/m1/s1. The molecule has 0 spiro atoms. The molecule has 4 rings (SSSR count). The van der Waals surface area contributed by atoms with E-state index < -0.39 is 6.10 Å². The summed E-state index contributed by atoms with van der Waals surface area (Å²) in [5.41, 5.74) is 2.84. The topological polar surface area (TPSA) is 98.5 Å². The minimum Gasteiger partial charge on any atom is -0.390 e. The Morgan fingerprint density at radius 3 is 2.79 bits per heavy atom. The molecule has 0 radical (unpaired) electrons. The molecular formula is C15H20N8O.